The van der Waals surface area contributed by atoms with E-state index in [4.69, 9.17) is 15.1 Å². The van der Waals surface area contributed by atoms with Gasteiger partial charge in [-0.2, -0.15) is 5.26 Å². The highest BCUT2D eigenvalue weighted by Gasteiger charge is 2.21. The van der Waals surface area contributed by atoms with E-state index in [-0.39, 0.29) is 18.2 Å². The van der Waals surface area contributed by atoms with Crippen LogP contribution in [-0.4, -0.2) is 37.0 Å². The van der Waals surface area contributed by atoms with E-state index in [0.29, 0.717) is 19.4 Å². The van der Waals surface area contributed by atoms with Crippen LogP contribution in [0, 0.1) is 11.3 Å². The fourth-order valence-corrected chi connectivity index (χ4v) is 1.09. The quantitative estimate of drug-likeness (QED) is 0.593. The molecule has 0 radical (unpaired) electrons. The number of hydrogen-bond acceptors (Lipinski definition) is 4. The predicted octanol–water partition coefficient (Wildman–Crippen LogP) is 0.666. The third-order valence-electron chi connectivity index (χ3n) is 2.13. The molecular formula is C10H20N2O2. The van der Waals surface area contributed by atoms with Gasteiger partial charge in [-0.15, -0.1) is 0 Å². The first-order valence-corrected chi connectivity index (χ1v) is 4.84. The van der Waals surface area contributed by atoms with Crippen LogP contribution in [0.3, 0.4) is 0 Å². The van der Waals surface area contributed by atoms with Crippen molar-refractivity contribution < 1.29 is 9.84 Å². The maximum absolute atomic E-state index is 8.85. The molecule has 82 valence electrons. The largest absolute Gasteiger partial charge is 0.396 e. The molecule has 1 atom stereocenters. The summed E-state index contributed by atoms with van der Waals surface area (Å²) in [4.78, 5) is 0. The lowest BCUT2D eigenvalue weighted by Crippen LogP contribution is -2.37. The summed E-state index contributed by atoms with van der Waals surface area (Å²) < 4.78 is 5.24. The summed E-state index contributed by atoms with van der Waals surface area (Å²) in [5.74, 6) is 0. The fraction of sp³-hybridized carbons (Fsp3) is 0.900. The number of rotatable bonds is 7. The summed E-state index contributed by atoms with van der Waals surface area (Å²) >= 11 is 0. The van der Waals surface area contributed by atoms with Crippen molar-refractivity contribution >= 4 is 0 Å². The van der Waals surface area contributed by atoms with Gasteiger partial charge < -0.3 is 15.2 Å². The second-order valence-corrected chi connectivity index (χ2v) is 3.88. The maximum Gasteiger partial charge on any atom is 0.0980 e. The van der Waals surface area contributed by atoms with Crippen molar-refractivity contribution in [1.29, 1.82) is 5.26 Å². The van der Waals surface area contributed by atoms with E-state index in [2.05, 4.69) is 11.4 Å². The average molecular weight is 200 g/mol. The third kappa shape index (κ3) is 5.92. The van der Waals surface area contributed by atoms with Crippen molar-refractivity contribution in [3.63, 3.8) is 0 Å². The van der Waals surface area contributed by atoms with Gasteiger partial charge in [0.1, 0.15) is 0 Å². The molecule has 14 heavy (non-hydrogen) atoms. The van der Waals surface area contributed by atoms with E-state index in [1.54, 1.807) is 7.11 Å². The highest BCUT2D eigenvalue weighted by molar-refractivity contribution is 4.93. The Morgan fingerprint density at radius 1 is 1.57 bits per heavy atom. The predicted molar refractivity (Wildman–Crippen MR) is 54.8 cm³/mol. The van der Waals surface area contributed by atoms with Gasteiger partial charge in [-0.1, -0.05) is 0 Å². The van der Waals surface area contributed by atoms with Crippen LogP contribution in [-0.2, 0) is 4.74 Å². The zero-order valence-corrected chi connectivity index (χ0v) is 9.21. The van der Waals surface area contributed by atoms with Gasteiger partial charge in [-0.05, 0) is 26.8 Å². The van der Waals surface area contributed by atoms with E-state index in [9.17, 15) is 0 Å². The minimum atomic E-state index is -0.285. The van der Waals surface area contributed by atoms with Crippen LogP contribution in [0.1, 0.15) is 26.7 Å². The highest BCUT2D eigenvalue weighted by atomic mass is 16.5. The number of nitrogens with zero attached hydrogens (tertiary/aromatic N) is 1. The SMILES string of the molecule is COC(C)(C)CC(C#N)NCCCO. The van der Waals surface area contributed by atoms with Gasteiger partial charge in [0.15, 0.2) is 0 Å². The Balaban J connectivity index is 3.86. The minimum Gasteiger partial charge on any atom is -0.396 e. The average Bonchev–Trinajstić information content (AvgIpc) is 2.16. The number of hydrogen-bond donors (Lipinski definition) is 2. The zero-order chi connectivity index (χ0) is 11.0. The first kappa shape index (κ1) is 13.4. The van der Waals surface area contributed by atoms with Gasteiger partial charge in [0, 0.05) is 20.1 Å². The van der Waals surface area contributed by atoms with Gasteiger partial charge in [0.25, 0.3) is 0 Å². The normalized spacial score (nSPS) is 13.6. The summed E-state index contributed by atoms with van der Waals surface area (Å²) in [7, 11) is 1.64. The summed E-state index contributed by atoms with van der Waals surface area (Å²) in [6.45, 7) is 4.71. The van der Waals surface area contributed by atoms with Gasteiger partial charge in [0.2, 0.25) is 0 Å². The molecule has 0 aromatic rings. The lowest BCUT2D eigenvalue weighted by atomic mass is 9.99. The topological polar surface area (TPSA) is 65.3 Å². The van der Waals surface area contributed by atoms with Crippen molar-refractivity contribution in [2.45, 2.75) is 38.3 Å². The van der Waals surface area contributed by atoms with Gasteiger partial charge in [-0.25, -0.2) is 0 Å². The molecule has 0 aromatic carbocycles. The van der Waals surface area contributed by atoms with Gasteiger partial charge in [-0.3, -0.25) is 0 Å². The number of aliphatic hydroxyl groups is 1. The smallest absolute Gasteiger partial charge is 0.0980 e. The molecule has 0 bridgehead atoms. The Kier molecular flexibility index (Phi) is 6.46. The van der Waals surface area contributed by atoms with Gasteiger partial charge >= 0.3 is 0 Å². The minimum absolute atomic E-state index is 0.152. The number of ether oxygens (including phenoxy) is 1. The van der Waals surface area contributed by atoms with Crippen LogP contribution in [0.2, 0.25) is 0 Å². The lowest BCUT2D eigenvalue weighted by molar-refractivity contribution is 0.0112. The van der Waals surface area contributed by atoms with Crippen molar-refractivity contribution in [3.8, 4) is 6.07 Å². The summed E-state index contributed by atoms with van der Waals surface area (Å²) in [6.07, 6.45) is 1.32. The number of nitrogens with one attached hydrogen (secondary N) is 1. The molecule has 0 rings (SSSR count). The van der Waals surface area contributed by atoms with Crippen LogP contribution < -0.4 is 5.32 Å². The highest BCUT2D eigenvalue weighted by Crippen LogP contribution is 2.15. The Hall–Kier alpha value is -0.630. The Morgan fingerprint density at radius 3 is 2.64 bits per heavy atom. The third-order valence-corrected chi connectivity index (χ3v) is 2.13. The standard InChI is InChI=1S/C10H20N2O2/c1-10(2,14-3)7-9(8-11)12-5-4-6-13/h9,12-13H,4-7H2,1-3H3. The van der Waals surface area contributed by atoms with Crippen molar-refractivity contribution in [2.75, 3.05) is 20.3 Å². The Labute approximate surface area is 85.9 Å². The monoisotopic (exact) mass is 200 g/mol. The van der Waals surface area contributed by atoms with Crippen molar-refractivity contribution in [3.05, 3.63) is 0 Å². The van der Waals surface area contributed by atoms with Crippen molar-refractivity contribution in [1.82, 2.24) is 5.32 Å². The molecule has 0 aliphatic rings. The molecule has 0 saturated heterocycles. The van der Waals surface area contributed by atoms with Crippen molar-refractivity contribution in [2.24, 2.45) is 0 Å². The first-order chi connectivity index (χ1) is 6.55. The fourth-order valence-electron chi connectivity index (χ4n) is 1.09. The summed E-state index contributed by atoms with van der Waals surface area (Å²) in [5.41, 5.74) is -0.285. The molecule has 1 unspecified atom stereocenters. The Bertz CT molecular complexity index is 187. The molecular weight excluding hydrogens is 180 g/mol. The molecule has 0 aliphatic heterocycles. The maximum atomic E-state index is 8.85. The molecule has 0 fully saturated rings. The molecule has 0 heterocycles. The van der Waals surface area contributed by atoms with E-state index in [1.807, 2.05) is 13.8 Å². The zero-order valence-electron chi connectivity index (χ0n) is 9.21. The summed E-state index contributed by atoms with van der Waals surface area (Å²) in [6, 6.07) is 1.97. The first-order valence-electron chi connectivity index (χ1n) is 4.84. The molecule has 0 aliphatic carbocycles. The number of nitriles is 1. The van der Waals surface area contributed by atoms with Crippen LogP contribution in [0.4, 0.5) is 0 Å². The second kappa shape index (κ2) is 6.77. The van der Waals surface area contributed by atoms with Crippen LogP contribution in [0.25, 0.3) is 0 Å². The molecule has 0 amide bonds. The molecule has 4 nitrogen and oxygen atoms in total. The molecule has 4 heteroatoms. The Morgan fingerprint density at radius 2 is 2.21 bits per heavy atom. The van der Waals surface area contributed by atoms with E-state index in [0.717, 1.165) is 0 Å². The van der Waals surface area contributed by atoms with E-state index < -0.39 is 0 Å². The molecule has 0 spiro atoms. The summed E-state index contributed by atoms with van der Waals surface area (Å²) in [5, 5.41) is 20.5. The number of methoxy groups -OCH3 is 1. The lowest BCUT2D eigenvalue weighted by Gasteiger charge is -2.25. The molecule has 2 N–H and O–H groups in total. The van der Waals surface area contributed by atoms with Gasteiger partial charge in [0.05, 0.1) is 17.7 Å². The van der Waals surface area contributed by atoms with Crippen LogP contribution >= 0.6 is 0 Å². The van der Waals surface area contributed by atoms with E-state index >= 15 is 0 Å². The van der Waals surface area contributed by atoms with Crippen LogP contribution in [0.5, 0.6) is 0 Å². The van der Waals surface area contributed by atoms with Crippen LogP contribution in [0.15, 0.2) is 0 Å². The molecule has 0 saturated carbocycles. The number of aliphatic hydroxyl groups excluding tert-OH is 1. The molecule has 0 aromatic heterocycles. The van der Waals surface area contributed by atoms with E-state index in [1.165, 1.54) is 0 Å². The second-order valence-electron chi connectivity index (χ2n) is 3.88.